The fourth-order valence-electron chi connectivity index (χ4n) is 2.29. The van der Waals surface area contributed by atoms with Crippen LogP contribution in [0, 0.1) is 0 Å². The Morgan fingerprint density at radius 3 is 2.61 bits per heavy atom. The summed E-state index contributed by atoms with van der Waals surface area (Å²) in [7, 11) is 0. The van der Waals surface area contributed by atoms with Crippen molar-refractivity contribution in [2.75, 3.05) is 26.2 Å². The zero-order valence-corrected chi connectivity index (χ0v) is 11.5. The van der Waals surface area contributed by atoms with Crippen molar-refractivity contribution in [3.8, 4) is 0 Å². The minimum Gasteiger partial charge on any atom is -0.348 e. The molecule has 104 valence electrons. The second kappa shape index (κ2) is 8.08. The lowest BCUT2D eigenvalue weighted by Gasteiger charge is -2.22. The first kappa shape index (κ1) is 15.0. The van der Waals surface area contributed by atoms with E-state index in [0.717, 1.165) is 32.4 Å². The number of nitrogens with zero attached hydrogens (tertiary/aromatic N) is 1. The molecular weight excluding hydrogens is 230 g/mol. The highest BCUT2D eigenvalue weighted by Crippen LogP contribution is 2.15. The highest BCUT2D eigenvalue weighted by Gasteiger charge is 2.24. The Balaban J connectivity index is 2.21. The number of amides is 2. The molecule has 1 atom stereocenters. The molecule has 1 saturated heterocycles. The fourth-order valence-corrected chi connectivity index (χ4v) is 2.29. The number of hydrogen-bond acceptors (Lipinski definition) is 3. The molecule has 0 spiro atoms. The van der Waals surface area contributed by atoms with Crippen LogP contribution in [0.1, 0.15) is 39.5 Å². The van der Waals surface area contributed by atoms with Gasteiger partial charge in [0.2, 0.25) is 0 Å². The molecule has 0 aromatic heterocycles. The van der Waals surface area contributed by atoms with Crippen molar-refractivity contribution in [1.29, 1.82) is 0 Å². The van der Waals surface area contributed by atoms with E-state index in [-0.39, 0.29) is 0 Å². The van der Waals surface area contributed by atoms with E-state index in [9.17, 15) is 9.59 Å². The maximum atomic E-state index is 11.5. The summed E-state index contributed by atoms with van der Waals surface area (Å²) < 4.78 is 0. The Bertz CT molecular complexity index is 281. The van der Waals surface area contributed by atoms with Crippen molar-refractivity contribution in [3.05, 3.63) is 0 Å². The minimum absolute atomic E-state index is 0.391. The molecule has 18 heavy (non-hydrogen) atoms. The third-order valence-electron chi connectivity index (χ3n) is 3.43. The molecule has 1 heterocycles. The topological polar surface area (TPSA) is 61.4 Å². The average Bonchev–Trinajstić information content (AvgIpc) is 2.83. The van der Waals surface area contributed by atoms with E-state index in [2.05, 4.69) is 22.5 Å². The molecule has 2 N–H and O–H groups in total. The van der Waals surface area contributed by atoms with E-state index in [4.69, 9.17) is 0 Å². The van der Waals surface area contributed by atoms with Gasteiger partial charge >= 0.3 is 11.8 Å². The van der Waals surface area contributed by atoms with Crippen LogP contribution in [0.3, 0.4) is 0 Å². The molecule has 1 rings (SSSR count). The number of carbonyl (C=O) groups is 2. The first-order valence-corrected chi connectivity index (χ1v) is 6.99. The monoisotopic (exact) mass is 255 g/mol. The second-order valence-corrected chi connectivity index (χ2v) is 4.74. The van der Waals surface area contributed by atoms with Crippen LogP contribution in [0.15, 0.2) is 0 Å². The third kappa shape index (κ3) is 4.64. The smallest absolute Gasteiger partial charge is 0.309 e. The van der Waals surface area contributed by atoms with Crippen LogP contribution in [-0.2, 0) is 9.59 Å². The lowest BCUT2D eigenvalue weighted by molar-refractivity contribution is -0.139. The quantitative estimate of drug-likeness (QED) is 0.537. The van der Waals surface area contributed by atoms with Gasteiger partial charge in [-0.1, -0.05) is 20.3 Å². The number of likely N-dealkylation sites (N-methyl/N-ethyl adjacent to an activating group) is 1. The molecule has 5 nitrogen and oxygen atoms in total. The van der Waals surface area contributed by atoms with E-state index >= 15 is 0 Å². The van der Waals surface area contributed by atoms with E-state index in [1.54, 1.807) is 0 Å². The van der Waals surface area contributed by atoms with Crippen LogP contribution in [0.5, 0.6) is 0 Å². The first-order valence-electron chi connectivity index (χ1n) is 6.99. The molecule has 0 unspecified atom stereocenters. The number of rotatable bonds is 6. The molecule has 5 heteroatoms. The highest BCUT2D eigenvalue weighted by molar-refractivity contribution is 6.35. The van der Waals surface area contributed by atoms with Crippen molar-refractivity contribution < 1.29 is 9.59 Å². The van der Waals surface area contributed by atoms with Gasteiger partial charge in [-0.3, -0.25) is 14.5 Å². The Morgan fingerprint density at radius 1 is 1.22 bits per heavy atom. The van der Waals surface area contributed by atoms with Crippen molar-refractivity contribution in [2.45, 2.75) is 45.6 Å². The van der Waals surface area contributed by atoms with Gasteiger partial charge in [-0.15, -0.1) is 0 Å². The number of nitrogens with one attached hydrogen (secondary N) is 2. The number of hydrogen-bond donors (Lipinski definition) is 2. The molecule has 0 radical (unpaired) electrons. The van der Waals surface area contributed by atoms with Crippen LogP contribution in [0.2, 0.25) is 0 Å². The lowest BCUT2D eigenvalue weighted by atomic mass is 10.2. The van der Waals surface area contributed by atoms with Crippen molar-refractivity contribution in [2.24, 2.45) is 0 Å². The normalized spacial score (nSPS) is 19.8. The van der Waals surface area contributed by atoms with Gasteiger partial charge in [-0.05, 0) is 32.4 Å². The Labute approximate surface area is 109 Å². The van der Waals surface area contributed by atoms with Gasteiger partial charge in [0.15, 0.2) is 0 Å². The summed E-state index contributed by atoms with van der Waals surface area (Å²) >= 11 is 0. The van der Waals surface area contributed by atoms with Gasteiger partial charge in [0.05, 0.1) is 0 Å². The van der Waals surface area contributed by atoms with Crippen molar-refractivity contribution in [1.82, 2.24) is 15.5 Å². The maximum Gasteiger partial charge on any atom is 0.309 e. The molecular formula is C13H25N3O2. The molecule has 0 aliphatic carbocycles. The van der Waals surface area contributed by atoms with Gasteiger partial charge in [-0.2, -0.15) is 0 Å². The van der Waals surface area contributed by atoms with Gasteiger partial charge in [-0.25, -0.2) is 0 Å². The largest absolute Gasteiger partial charge is 0.348 e. The molecule has 1 fully saturated rings. The zero-order valence-electron chi connectivity index (χ0n) is 11.5. The van der Waals surface area contributed by atoms with Crippen molar-refractivity contribution >= 4 is 11.8 Å². The van der Waals surface area contributed by atoms with Crippen LogP contribution in [0.4, 0.5) is 0 Å². The summed E-state index contributed by atoms with van der Waals surface area (Å²) in [5.41, 5.74) is 0. The average molecular weight is 255 g/mol. The van der Waals surface area contributed by atoms with E-state index in [0.29, 0.717) is 19.1 Å². The summed E-state index contributed by atoms with van der Waals surface area (Å²) in [4.78, 5) is 25.3. The van der Waals surface area contributed by atoms with E-state index < -0.39 is 11.8 Å². The maximum absolute atomic E-state index is 11.5. The summed E-state index contributed by atoms with van der Waals surface area (Å²) in [5, 5.41) is 5.34. The standard InChI is InChI=1S/C13H25N3O2/c1-3-5-8-14-12(17)13(18)15-10-11-7-6-9-16(11)4-2/h11H,3-10H2,1-2H3,(H,14,17)(H,15,18)/t11-/m0/s1. The molecule has 0 aromatic carbocycles. The predicted molar refractivity (Wildman–Crippen MR) is 71.2 cm³/mol. The molecule has 2 amide bonds. The summed E-state index contributed by atoms with van der Waals surface area (Å²) in [5.74, 6) is -1.02. The predicted octanol–water partition coefficient (Wildman–Crippen LogP) is 0.503. The highest BCUT2D eigenvalue weighted by atomic mass is 16.2. The third-order valence-corrected chi connectivity index (χ3v) is 3.43. The number of likely N-dealkylation sites (tertiary alicyclic amines) is 1. The van der Waals surface area contributed by atoms with Crippen LogP contribution in [-0.4, -0.2) is 48.9 Å². The molecule has 1 aliphatic rings. The van der Waals surface area contributed by atoms with E-state index in [1.165, 1.54) is 6.42 Å². The molecule has 0 saturated carbocycles. The first-order chi connectivity index (χ1) is 8.69. The SMILES string of the molecule is CCCCNC(=O)C(=O)NC[C@@H]1CCCN1CC. The van der Waals surface area contributed by atoms with Gasteiger partial charge in [0.25, 0.3) is 0 Å². The summed E-state index contributed by atoms with van der Waals surface area (Å²) in [6.45, 7) is 7.42. The van der Waals surface area contributed by atoms with Gasteiger partial charge in [0.1, 0.15) is 0 Å². The van der Waals surface area contributed by atoms with Crippen LogP contribution in [0.25, 0.3) is 0 Å². The Morgan fingerprint density at radius 2 is 1.94 bits per heavy atom. The van der Waals surface area contributed by atoms with Gasteiger partial charge < -0.3 is 10.6 Å². The fraction of sp³-hybridized carbons (Fsp3) is 0.846. The lowest BCUT2D eigenvalue weighted by Crippen LogP contribution is -2.45. The minimum atomic E-state index is -0.510. The Kier molecular flexibility index (Phi) is 6.72. The van der Waals surface area contributed by atoms with Crippen molar-refractivity contribution in [3.63, 3.8) is 0 Å². The second-order valence-electron chi connectivity index (χ2n) is 4.74. The molecule has 1 aliphatic heterocycles. The zero-order chi connectivity index (χ0) is 13.4. The van der Waals surface area contributed by atoms with Crippen LogP contribution >= 0.6 is 0 Å². The number of unbranched alkanes of at least 4 members (excludes halogenated alkanes) is 1. The molecule has 0 aromatic rings. The summed E-state index contributed by atoms with van der Waals surface area (Å²) in [6.07, 6.45) is 4.20. The van der Waals surface area contributed by atoms with Gasteiger partial charge in [0, 0.05) is 19.1 Å². The van der Waals surface area contributed by atoms with Crippen LogP contribution < -0.4 is 10.6 Å². The van der Waals surface area contributed by atoms with E-state index in [1.807, 2.05) is 6.92 Å². The summed E-state index contributed by atoms with van der Waals surface area (Å²) in [6, 6.07) is 0.391. The number of carbonyl (C=O) groups excluding carboxylic acids is 2. The Hall–Kier alpha value is -1.10. The molecule has 0 bridgehead atoms.